The van der Waals surface area contributed by atoms with Crippen LogP contribution in [0.15, 0.2) is 154 Å². The molecule has 8 heteroatoms. The number of nitrogens with one attached hydrogen (secondary N) is 1. The Labute approximate surface area is 392 Å². The van der Waals surface area contributed by atoms with Crippen molar-refractivity contribution in [3.8, 4) is 0 Å². The third kappa shape index (κ3) is 13.5. The Morgan fingerprint density at radius 2 is 1.46 bits per heavy atom. The largest absolute Gasteiger partial charge is 1.00 e. The summed E-state index contributed by atoms with van der Waals surface area (Å²) in [6, 6.07) is 37.0. The fourth-order valence-corrected chi connectivity index (χ4v) is 10.3. The first-order valence-corrected chi connectivity index (χ1v) is 24.3. The summed E-state index contributed by atoms with van der Waals surface area (Å²) in [5.41, 5.74) is 7.43. The number of benzene rings is 5. The number of rotatable bonds is 20. The second kappa shape index (κ2) is 22.8. The van der Waals surface area contributed by atoms with E-state index >= 15 is 0 Å². The summed E-state index contributed by atoms with van der Waals surface area (Å²) in [6.45, 7) is 13.3. The van der Waals surface area contributed by atoms with Crippen molar-refractivity contribution in [3.05, 3.63) is 161 Å². The molecule has 1 aliphatic rings. The van der Waals surface area contributed by atoms with Gasteiger partial charge in [-0.3, -0.25) is 0 Å². The molecule has 316 valence electrons. The van der Waals surface area contributed by atoms with Crippen LogP contribution in [0.2, 0.25) is 0 Å². The van der Waals surface area contributed by atoms with Gasteiger partial charge in [-0.1, -0.05) is 162 Å². The zero-order valence-corrected chi connectivity index (χ0v) is 40.9. The van der Waals surface area contributed by atoms with Gasteiger partial charge in [0.2, 0.25) is 0 Å². The first-order chi connectivity index (χ1) is 28.9. The Morgan fingerprint density at radius 3 is 2.16 bits per heavy atom. The van der Waals surface area contributed by atoms with Crippen LogP contribution in [-0.2, 0) is 20.9 Å². The van der Waals surface area contributed by atoms with Gasteiger partial charge in [-0.25, -0.2) is 8.42 Å². The average Bonchev–Trinajstić information content (AvgIpc) is 3.22. The minimum atomic E-state index is -4.19. The van der Waals surface area contributed by atoms with Gasteiger partial charge in [-0.05, 0) is 119 Å². The molecule has 0 aliphatic heterocycles. The molecule has 0 saturated heterocycles. The molecule has 0 amide bonds. The van der Waals surface area contributed by atoms with E-state index in [-0.39, 0.29) is 46.1 Å². The first kappa shape index (κ1) is 48.6. The van der Waals surface area contributed by atoms with E-state index < -0.39 is 10.1 Å². The minimum Gasteiger partial charge on any atom is -0.748 e. The molecule has 5 aromatic carbocycles. The molecule has 0 bridgehead atoms. The topological polar surface area (TPSA) is 85.8 Å². The van der Waals surface area contributed by atoms with Crippen LogP contribution in [0, 0.1) is 0 Å². The number of fused-ring (bicyclic) bond motifs is 2. The van der Waals surface area contributed by atoms with Crippen LogP contribution in [0.3, 0.4) is 0 Å². The smallest absolute Gasteiger partial charge is 0.748 e. The van der Waals surface area contributed by atoms with Crippen LogP contribution in [0.25, 0.3) is 21.5 Å². The molecule has 3 N–H and O–H groups in total. The molecule has 0 atom stereocenters. The SMILES string of the molecule is CCCCCNc1ccc2ccccc2c1C(C)(C)/C=C\C=C1/CCCC(/C=C/CC(C)(C)c2c([NH2+]CCCCS(=O)(=O)[O-])ccc3ccccc23)=C1Sc1ccccc1.[Na+]. The third-order valence-electron chi connectivity index (χ3n) is 11.7. The van der Waals surface area contributed by atoms with Gasteiger partial charge in [0.1, 0.15) is 5.69 Å². The molecular formula is C53H64N2NaO3S2+. The number of anilines is 1. The van der Waals surface area contributed by atoms with Gasteiger partial charge in [0.05, 0.1) is 16.7 Å². The van der Waals surface area contributed by atoms with Gasteiger partial charge in [0.25, 0.3) is 0 Å². The van der Waals surface area contributed by atoms with Crippen LogP contribution < -0.4 is 40.2 Å². The van der Waals surface area contributed by atoms with Crippen molar-refractivity contribution in [2.45, 2.75) is 108 Å². The van der Waals surface area contributed by atoms with Gasteiger partial charge in [-0.2, -0.15) is 0 Å². The number of unbranched alkanes of at least 4 members (excludes halogenated alkanes) is 3. The summed E-state index contributed by atoms with van der Waals surface area (Å²) in [7, 11) is -4.19. The van der Waals surface area contributed by atoms with E-state index in [0.29, 0.717) is 12.8 Å². The number of quaternary nitrogens is 1. The van der Waals surface area contributed by atoms with E-state index in [9.17, 15) is 13.0 Å². The molecule has 0 aromatic heterocycles. The molecule has 5 nitrogen and oxygen atoms in total. The molecule has 61 heavy (non-hydrogen) atoms. The average molecular weight is 864 g/mol. The third-order valence-corrected chi connectivity index (χ3v) is 13.7. The Hall–Kier alpha value is -3.40. The number of hydrogen-bond acceptors (Lipinski definition) is 5. The summed E-state index contributed by atoms with van der Waals surface area (Å²) in [6.07, 6.45) is 20.5. The molecule has 0 spiro atoms. The van der Waals surface area contributed by atoms with Gasteiger partial charge >= 0.3 is 29.6 Å². The van der Waals surface area contributed by atoms with Gasteiger partial charge in [0.15, 0.2) is 0 Å². The van der Waals surface area contributed by atoms with Crippen molar-refractivity contribution in [2.75, 3.05) is 24.2 Å². The van der Waals surface area contributed by atoms with Gasteiger partial charge in [-0.15, -0.1) is 0 Å². The molecule has 1 aliphatic carbocycles. The van der Waals surface area contributed by atoms with Crippen LogP contribution in [0.4, 0.5) is 11.4 Å². The van der Waals surface area contributed by atoms with E-state index in [2.05, 4.69) is 179 Å². The summed E-state index contributed by atoms with van der Waals surface area (Å²) >= 11 is 1.88. The molecule has 0 fully saturated rings. The summed E-state index contributed by atoms with van der Waals surface area (Å²) < 4.78 is 33.5. The van der Waals surface area contributed by atoms with E-state index in [1.54, 1.807) is 0 Å². The molecular weight excluding hydrogens is 800 g/mol. The fourth-order valence-electron chi connectivity index (χ4n) is 8.65. The number of allylic oxidation sites excluding steroid dienone is 7. The number of thioether (sulfide) groups is 1. The maximum absolute atomic E-state index is 11.2. The maximum atomic E-state index is 11.2. The van der Waals surface area contributed by atoms with Crippen LogP contribution in [-0.4, -0.2) is 31.8 Å². The number of hydrogen-bond donors (Lipinski definition) is 2. The summed E-state index contributed by atoms with van der Waals surface area (Å²) in [4.78, 5) is 2.60. The first-order valence-electron chi connectivity index (χ1n) is 21.9. The van der Waals surface area contributed by atoms with Crippen molar-refractivity contribution in [1.29, 1.82) is 0 Å². The molecule has 6 rings (SSSR count). The van der Waals surface area contributed by atoms with Crippen molar-refractivity contribution in [1.82, 2.24) is 0 Å². The molecule has 5 aromatic rings. The van der Waals surface area contributed by atoms with Crippen LogP contribution in [0.5, 0.6) is 0 Å². The van der Waals surface area contributed by atoms with Crippen molar-refractivity contribution < 1.29 is 47.8 Å². The molecule has 0 unspecified atom stereocenters. The van der Waals surface area contributed by atoms with Gasteiger partial charge in [0, 0.05) is 38.8 Å². The van der Waals surface area contributed by atoms with Crippen molar-refractivity contribution in [2.24, 2.45) is 0 Å². The second-order valence-corrected chi connectivity index (χ2v) is 20.0. The predicted octanol–water partition coefficient (Wildman–Crippen LogP) is 10.0. The second-order valence-electron chi connectivity index (χ2n) is 17.4. The normalized spacial score (nSPS) is 14.8. The molecule has 0 heterocycles. The van der Waals surface area contributed by atoms with Crippen molar-refractivity contribution >= 4 is 54.8 Å². The van der Waals surface area contributed by atoms with Gasteiger partial charge < -0.3 is 15.2 Å². The predicted molar refractivity (Wildman–Crippen MR) is 256 cm³/mol. The Kier molecular flexibility index (Phi) is 18.2. The maximum Gasteiger partial charge on any atom is 1.00 e. The fraction of sp³-hybridized carbons (Fsp3) is 0.358. The van der Waals surface area contributed by atoms with Crippen LogP contribution in [0.1, 0.15) is 104 Å². The van der Waals surface area contributed by atoms with Crippen molar-refractivity contribution in [3.63, 3.8) is 0 Å². The summed E-state index contributed by atoms with van der Waals surface area (Å²) in [5, 5.41) is 11.0. The minimum absolute atomic E-state index is 0. The quantitative estimate of drug-likeness (QED) is 0.0352. The van der Waals surface area contributed by atoms with E-state index in [1.165, 1.54) is 84.3 Å². The summed E-state index contributed by atoms with van der Waals surface area (Å²) in [5.74, 6) is -0.309. The van der Waals surface area contributed by atoms with E-state index in [0.717, 1.165) is 38.8 Å². The standard InChI is InChI=1S/C53H64N2O3S2.Na/c1-6-7-15-37-54-47-33-31-40-21-11-13-29-45(40)49(47)52(2,3)35-19-25-42-23-18-24-43(51(42)59-44-27-9-8-10-28-44)26-20-36-53(4,5)50-46-30-14-12-22-41(46)32-34-48(50)55-38-16-17-39-60(56,57)58;/h8-14,19-22,25-35,54-55H,6-7,15-18,23-24,36-39H2,1-5H3,(H,56,57,58);/q;+1/b26-20+,35-19-,42-25+;. The Balaban J connectivity index is 0.00000704. The monoisotopic (exact) mass is 863 g/mol. The Morgan fingerprint density at radius 1 is 0.787 bits per heavy atom. The zero-order valence-electron chi connectivity index (χ0n) is 37.3. The van der Waals surface area contributed by atoms with E-state index in [4.69, 9.17) is 0 Å². The molecule has 0 saturated carbocycles. The van der Waals surface area contributed by atoms with E-state index in [1.807, 2.05) is 11.8 Å². The number of nitrogens with two attached hydrogens (primary N) is 1. The van der Waals surface area contributed by atoms with Crippen LogP contribution >= 0.6 is 11.8 Å². The molecule has 0 radical (unpaired) electrons. The Bertz CT molecular complexity index is 2470. The zero-order chi connectivity index (χ0) is 42.6.